The number of carbonyl (C=O) groups excluding carboxylic acids is 2. The van der Waals surface area contributed by atoms with Crippen LogP contribution in [0.15, 0.2) is 0 Å². The fourth-order valence-electron chi connectivity index (χ4n) is 2.16. The van der Waals surface area contributed by atoms with Gasteiger partial charge in [-0.1, -0.05) is 51.9 Å². The van der Waals surface area contributed by atoms with Crippen LogP contribution in [0, 0.1) is 0 Å². The average molecular weight is 345 g/mol. The molecule has 6 heteroatoms. The molecule has 0 bridgehead atoms. The zero-order valence-electron chi connectivity index (χ0n) is 15.8. The van der Waals surface area contributed by atoms with Gasteiger partial charge in [-0.2, -0.15) is 0 Å². The standard InChI is InChI=1S/C18H35NO5/c1-5-6-7-8-9-10-11-12-13-23-17(20)16(2)19(3)18(21)24-15-14-22-4/h16H,5-15H2,1-4H3. The van der Waals surface area contributed by atoms with Gasteiger partial charge in [0.15, 0.2) is 0 Å². The van der Waals surface area contributed by atoms with Crippen molar-refractivity contribution in [3.05, 3.63) is 0 Å². The summed E-state index contributed by atoms with van der Waals surface area (Å²) in [7, 11) is 3.06. The topological polar surface area (TPSA) is 65.1 Å². The third kappa shape index (κ3) is 11.3. The molecule has 0 aliphatic rings. The summed E-state index contributed by atoms with van der Waals surface area (Å²) in [6, 6.07) is -0.658. The summed E-state index contributed by atoms with van der Waals surface area (Å²) in [5.41, 5.74) is 0. The van der Waals surface area contributed by atoms with Crippen molar-refractivity contribution in [2.24, 2.45) is 0 Å². The maximum Gasteiger partial charge on any atom is 0.410 e. The largest absolute Gasteiger partial charge is 0.464 e. The van der Waals surface area contributed by atoms with Crippen molar-refractivity contribution in [3.8, 4) is 0 Å². The molecule has 1 unspecified atom stereocenters. The molecule has 24 heavy (non-hydrogen) atoms. The summed E-state index contributed by atoms with van der Waals surface area (Å²) in [6.45, 7) is 4.75. The molecule has 0 rings (SSSR count). The fourth-order valence-corrected chi connectivity index (χ4v) is 2.16. The molecule has 0 spiro atoms. The summed E-state index contributed by atoms with van der Waals surface area (Å²) >= 11 is 0. The Labute approximate surface area is 146 Å². The van der Waals surface area contributed by atoms with Gasteiger partial charge in [-0.15, -0.1) is 0 Å². The molecule has 6 nitrogen and oxygen atoms in total. The first-order valence-corrected chi connectivity index (χ1v) is 9.09. The quantitative estimate of drug-likeness (QED) is 0.354. The average Bonchev–Trinajstić information content (AvgIpc) is 2.58. The van der Waals surface area contributed by atoms with Crippen molar-refractivity contribution in [1.29, 1.82) is 0 Å². The smallest absolute Gasteiger partial charge is 0.410 e. The van der Waals surface area contributed by atoms with E-state index in [0.29, 0.717) is 13.2 Å². The Kier molecular flexibility index (Phi) is 14.4. The Morgan fingerprint density at radius 3 is 2.04 bits per heavy atom. The van der Waals surface area contributed by atoms with Gasteiger partial charge in [0.1, 0.15) is 12.6 Å². The maximum absolute atomic E-state index is 11.9. The van der Waals surface area contributed by atoms with Gasteiger partial charge in [-0.3, -0.25) is 4.90 Å². The van der Waals surface area contributed by atoms with Crippen LogP contribution in [0.1, 0.15) is 65.2 Å². The summed E-state index contributed by atoms with van der Waals surface area (Å²) in [6.07, 6.45) is 9.01. The number of hydrogen-bond acceptors (Lipinski definition) is 5. The minimum Gasteiger partial charge on any atom is -0.464 e. The van der Waals surface area contributed by atoms with Crippen LogP contribution in [0.5, 0.6) is 0 Å². The number of nitrogens with zero attached hydrogens (tertiary/aromatic N) is 1. The number of amides is 1. The third-order valence-electron chi connectivity index (χ3n) is 3.97. The lowest BCUT2D eigenvalue weighted by Gasteiger charge is -2.22. The van der Waals surface area contributed by atoms with Crippen LogP contribution in [-0.4, -0.2) is 57.0 Å². The van der Waals surface area contributed by atoms with Crippen molar-refractivity contribution >= 4 is 12.1 Å². The molecule has 0 aromatic heterocycles. The lowest BCUT2D eigenvalue weighted by atomic mass is 10.1. The highest BCUT2D eigenvalue weighted by molar-refractivity contribution is 5.80. The van der Waals surface area contributed by atoms with E-state index in [0.717, 1.165) is 12.8 Å². The molecule has 0 saturated heterocycles. The van der Waals surface area contributed by atoms with Gasteiger partial charge >= 0.3 is 12.1 Å². The van der Waals surface area contributed by atoms with Crippen LogP contribution in [0.25, 0.3) is 0 Å². The first-order chi connectivity index (χ1) is 11.5. The second-order valence-corrected chi connectivity index (χ2v) is 6.04. The molecule has 0 aromatic carbocycles. The number of hydrogen-bond donors (Lipinski definition) is 0. The van der Waals surface area contributed by atoms with E-state index in [1.165, 1.54) is 57.6 Å². The predicted molar refractivity (Wildman–Crippen MR) is 94.0 cm³/mol. The Bertz CT molecular complexity index is 335. The minimum atomic E-state index is -0.658. The van der Waals surface area contributed by atoms with Crippen molar-refractivity contribution in [2.75, 3.05) is 34.0 Å². The molecule has 0 fully saturated rings. The summed E-state index contributed by atoms with van der Waals surface area (Å²) in [4.78, 5) is 24.9. The van der Waals surface area contributed by atoms with E-state index < -0.39 is 18.1 Å². The molecule has 0 aliphatic carbocycles. The number of rotatable bonds is 14. The molecule has 0 radical (unpaired) electrons. The molecule has 0 N–H and O–H groups in total. The van der Waals surface area contributed by atoms with Crippen molar-refractivity contribution in [3.63, 3.8) is 0 Å². The first-order valence-electron chi connectivity index (χ1n) is 9.09. The van der Waals surface area contributed by atoms with Crippen molar-refractivity contribution in [1.82, 2.24) is 4.90 Å². The zero-order valence-corrected chi connectivity index (χ0v) is 15.8. The minimum absolute atomic E-state index is 0.166. The van der Waals surface area contributed by atoms with Gasteiger partial charge < -0.3 is 14.2 Å². The second kappa shape index (κ2) is 15.2. The SMILES string of the molecule is CCCCCCCCCCOC(=O)C(C)N(C)C(=O)OCCOC. The first kappa shape index (κ1) is 22.7. The molecular formula is C18H35NO5. The number of ether oxygens (including phenoxy) is 3. The molecule has 0 aromatic rings. The third-order valence-corrected chi connectivity index (χ3v) is 3.97. The van der Waals surface area contributed by atoms with Gasteiger partial charge in [-0.05, 0) is 13.3 Å². The van der Waals surface area contributed by atoms with Gasteiger partial charge in [0.2, 0.25) is 0 Å². The Morgan fingerprint density at radius 2 is 1.46 bits per heavy atom. The van der Waals surface area contributed by atoms with E-state index in [9.17, 15) is 9.59 Å². The molecule has 0 saturated carbocycles. The fraction of sp³-hybridized carbons (Fsp3) is 0.889. The molecule has 1 amide bonds. The van der Waals surface area contributed by atoms with E-state index >= 15 is 0 Å². The normalized spacial score (nSPS) is 11.8. The van der Waals surface area contributed by atoms with E-state index in [4.69, 9.17) is 14.2 Å². The van der Waals surface area contributed by atoms with Gasteiger partial charge in [0.05, 0.1) is 13.2 Å². The summed E-state index contributed by atoms with van der Waals surface area (Å²) < 4.78 is 15.0. The van der Waals surface area contributed by atoms with E-state index in [1.54, 1.807) is 6.92 Å². The van der Waals surface area contributed by atoms with Crippen molar-refractivity contribution < 1.29 is 23.8 Å². The highest BCUT2D eigenvalue weighted by atomic mass is 16.6. The Hall–Kier alpha value is -1.30. The lowest BCUT2D eigenvalue weighted by Crippen LogP contribution is -2.42. The van der Waals surface area contributed by atoms with Crippen LogP contribution in [0.4, 0.5) is 4.79 Å². The van der Waals surface area contributed by atoms with E-state index in [2.05, 4.69) is 6.92 Å². The number of unbranched alkanes of at least 4 members (excludes halogenated alkanes) is 7. The summed E-state index contributed by atoms with van der Waals surface area (Å²) in [5.74, 6) is -0.399. The second-order valence-electron chi connectivity index (χ2n) is 6.04. The number of esters is 1. The summed E-state index contributed by atoms with van der Waals surface area (Å²) in [5, 5.41) is 0. The predicted octanol–water partition coefficient (Wildman–Crippen LogP) is 3.77. The van der Waals surface area contributed by atoms with Crippen LogP contribution in [-0.2, 0) is 19.0 Å². The monoisotopic (exact) mass is 345 g/mol. The van der Waals surface area contributed by atoms with Crippen LogP contribution in [0.3, 0.4) is 0 Å². The maximum atomic E-state index is 11.9. The highest BCUT2D eigenvalue weighted by Crippen LogP contribution is 2.09. The molecular weight excluding hydrogens is 310 g/mol. The number of carbonyl (C=O) groups is 2. The Balaban J connectivity index is 3.72. The molecule has 0 heterocycles. The van der Waals surface area contributed by atoms with Gasteiger partial charge in [0, 0.05) is 14.2 Å². The highest BCUT2D eigenvalue weighted by Gasteiger charge is 2.24. The number of likely N-dealkylation sites (N-methyl/N-ethyl adjacent to an activating group) is 1. The molecule has 0 aliphatic heterocycles. The van der Waals surface area contributed by atoms with Crippen LogP contribution < -0.4 is 0 Å². The van der Waals surface area contributed by atoms with E-state index in [-0.39, 0.29) is 6.61 Å². The zero-order chi connectivity index (χ0) is 18.2. The van der Waals surface area contributed by atoms with Crippen LogP contribution in [0.2, 0.25) is 0 Å². The van der Waals surface area contributed by atoms with Gasteiger partial charge in [-0.25, -0.2) is 9.59 Å². The van der Waals surface area contributed by atoms with Crippen molar-refractivity contribution in [2.45, 2.75) is 71.3 Å². The molecule has 1 atom stereocenters. The number of methoxy groups -OCH3 is 1. The van der Waals surface area contributed by atoms with Crippen LogP contribution >= 0.6 is 0 Å². The molecule has 142 valence electrons. The van der Waals surface area contributed by atoms with E-state index in [1.807, 2.05) is 0 Å². The lowest BCUT2D eigenvalue weighted by molar-refractivity contribution is -0.148. The Morgan fingerprint density at radius 1 is 0.875 bits per heavy atom. The van der Waals surface area contributed by atoms with Gasteiger partial charge in [0.25, 0.3) is 0 Å².